The van der Waals surface area contributed by atoms with E-state index in [1.165, 1.54) is 25.7 Å². The molecule has 1 N–H and O–H groups in total. The quantitative estimate of drug-likeness (QED) is 0.686. The number of thiazole rings is 1. The topological polar surface area (TPSA) is 51.0 Å². The third-order valence-electron chi connectivity index (χ3n) is 4.68. The molecule has 4 rings (SSSR count). The largest absolute Gasteiger partial charge is 0.359 e. The van der Waals surface area contributed by atoms with E-state index in [9.17, 15) is 0 Å². The molecule has 0 spiro atoms. The van der Waals surface area contributed by atoms with Gasteiger partial charge in [0.1, 0.15) is 11.4 Å². The van der Waals surface area contributed by atoms with E-state index in [0.29, 0.717) is 6.04 Å². The summed E-state index contributed by atoms with van der Waals surface area (Å²) in [6.07, 6.45) is 5.07. The zero-order valence-electron chi connectivity index (χ0n) is 13.7. The van der Waals surface area contributed by atoms with Gasteiger partial charge in [0.05, 0.1) is 0 Å². The molecule has 2 aromatic heterocycles. The van der Waals surface area contributed by atoms with Crippen molar-refractivity contribution in [3.63, 3.8) is 0 Å². The molecule has 0 amide bonds. The molecule has 124 valence electrons. The van der Waals surface area contributed by atoms with Crippen LogP contribution in [0.1, 0.15) is 32.6 Å². The van der Waals surface area contributed by atoms with Crippen molar-refractivity contribution in [2.75, 3.05) is 5.32 Å². The highest BCUT2D eigenvalue weighted by Crippen LogP contribution is 2.31. The third-order valence-corrected chi connectivity index (χ3v) is 5.45. The average Bonchev–Trinajstić information content (AvgIpc) is 3.27. The molecule has 1 saturated carbocycles. The van der Waals surface area contributed by atoms with Gasteiger partial charge in [-0.1, -0.05) is 42.4 Å². The highest BCUT2D eigenvalue weighted by Gasteiger charge is 2.19. The summed E-state index contributed by atoms with van der Waals surface area (Å²) in [5, 5.41) is 10.7. The first kappa shape index (κ1) is 15.4. The van der Waals surface area contributed by atoms with Crippen molar-refractivity contribution in [2.45, 2.75) is 38.6 Å². The van der Waals surface area contributed by atoms with Crippen molar-refractivity contribution < 1.29 is 4.52 Å². The Morgan fingerprint density at radius 1 is 1.08 bits per heavy atom. The molecule has 24 heavy (non-hydrogen) atoms. The molecule has 1 fully saturated rings. The maximum atomic E-state index is 5.49. The van der Waals surface area contributed by atoms with Crippen molar-refractivity contribution in [1.29, 1.82) is 0 Å². The van der Waals surface area contributed by atoms with Gasteiger partial charge in [0.2, 0.25) is 0 Å². The normalized spacial score (nSPS) is 20.9. The average molecular weight is 339 g/mol. The smallest absolute Gasteiger partial charge is 0.186 e. The summed E-state index contributed by atoms with van der Waals surface area (Å²) in [6, 6.07) is 12.6. The van der Waals surface area contributed by atoms with E-state index in [4.69, 9.17) is 4.52 Å². The lowest BCUT2D eigenvalue weighted by Gasteiger charge is -2.26. The van der Waals surface area contributed by atoms with Crippen LogP contribution >= 0.6 is 11.3 Å². The standard InChI is InChI=1S/C19H21N3OS/c1-13-7-9-15(10-8-13)20-19-21-17(12-24-19)18-11-16(22-23-18)14-5-3-2-4-6-14/h2-6,11-13,15H,7-10H2,1H3,(H,20,21). The van der Waals surface area contributed by atoms with Crippen LogP contribution in [0.2, 0.25) is 0 Å². The highest BCUT2D eigenvalue weighted by molar-refractivity contribution is 7.14. The van der Waals surface area contributed by atoms with Gasteiger partial charge >= 0.3 is 0 Å². The lowest BCUT2D eigenvalue weighted by atomic mass is 9.87. The fourth-order valence-corrected chi connectivity index (χ4v) is 3.95. The summed E-state index contributed by atoms with van der Waals surface area (Å²) < 4.78 is 5.49. The second kappa shape index (κ2) is 6.77. The molecule has 0 bridgehead atoms. The first-order chi connectivity index (χ1) is 11.8. The molecule has 5 heteroatoms. The van der Waals surface area contributed by atoms with E-state index >= 15 is 0 Å². The molecule has 1 aromatic carbocycles. The van der Waals surface area contributed by atoms with Gasteiger partial charge in [0.15, 0.2) is 10.9 Å². The van der Waals surface area contributed by atoms with Crippen LogP contribution in [0, 0.1) is 5.92 Å². The van der Waals surface area contributed by atoms with Crippen LogP contribution in [0.5, 0.6) is 0 Å². The summed E-state index contributed by atoms with van der Waals surface area (Å²) in [7, 11) is 0. The predicted molar refractivity (Wildman–Crippen MR) is 98.1 cm³/mol. The third kappa shape index (κ3) is 3.36. The van der Waals surface area contributed by atoms with E-state index in [0.717, 1.165) is 33.8 Å². The molecule has 0 radical (unpaired) electrons. The van der Waals surface area contributed by atoms with E-state index in [2.05, 4.69) is 22.4 Å². The maximum Gasteiger partial charge on any atom is 0.186 e. The minimum absolute atomic E-state index is 0.551. The van der Waals surface area contributed by atoms with Gasteiger partial charge in [-0.2, -0.15) is 0 Å². The molecule has 1 aliphatic carbocycles. The second-order valence-electron chi connectivity index (χ2n) is 6.58. The number of anilines is 1. The molecule has 0 atom stereocenters. The monoisotopic (exact) mass is 339 g/mol. The van der Waals surface area contributed by atoms with Crippen LogP contribution in [0.4, 0.5) is 5.13 Å². The Hall–Kier alpha value is -2.14. The molecule has 4 nitrogen and oxygen atoms in total. The number of nitrogens with zero attached hydrogens (tertiary/aromatic N) is 2. The van der Waals surface area contributed by atoms with Crippen LogP contribution < -0.4 is 5.32 Å². The summed E-state index contributed by atoms with van der Waals surface area (Å²) in [4.78, 5) is 4.67. The number of rotatable bonds is 4. The SMILES string of the molecule is CC1CCC(Nc2nc(-c3cc(-c4ccccc4)no3)cs2)CC1. The number of aromatic nitrogens is 2. The number of benzene rings is 1. The van der Waals surface area contributed by atoms with E-state index in [-0.39, 0.29) is 0 Å². The van der Waals surface area contributed by atoms with Crippen LogP contribution in [-0.2, 0) is 0 Å². The van der Waals surface area contributed by atoms with Crippen molar-refractivity contribution in [3.05, 3.63) is 41.8 Å². The first-order valence-electron chi connectivity index (χ1n) is 8.52. The molecule has 3 aromatic rings. The molecule has 1 aliphatic rings. The molecular weight excluding hydrogens is 318 g/mol. The Labute approximate surface area is 145 Å². The zero-order valence-corrected chi connectivity index (χ0v) is 14.6. The van der Waals surface area contributed by atoms with E-state index < -0.39 is 0 Å². The van der Waals surface area contributed by atoms with Gasteiger partial charge in [0.25, 0.3) is 0 Å². The first-order valence-corrected chi connectivity index (χ1v) is 9.40. The van der Waals surface area contributed by atoms with Crippen molar-refractivity contribution in [2.24, 2.45) is 5.92 Å². The Kier molecular flexibility index (Phi) is 4.34. The highest BCUT2D eigenvalue weighted by atomic mass is 32.1. The molecule has 0 saturated heterocycles. The van der Waals surface area contributed by atoms with Crippen LogP contribution in [0.15, 0.2) is 46.3 Å². The Bertz CT molecular complexity index is 788. The van der Waals surface area contributed by atoms with Crippen molar-refractivity contribution >= 4 is 16.5 Å². The maximum absolute atomic E-state index is 5.49. The summed E-state index contributed by atoms with van der Waals surface area (Å²) in [5.74, 6) is 1.58. The lowest BCUT2D eigenvalue weighted by Crippen LogP contribution is -2.25. The number of hydrogen-bond acceptors (Lipinski definition) is 5. The van der Waals surface area contributed by atoms with E-state index in [1.807, 2.05) is 41.8 Å². The van der Waals surface area contributed by atoms with Crippen LogP contribution in [-0.4, -0.2) is 16.2 Å². The van der Waals surface area contributed by atoms with Gasteiger partial charge in [-0.3, -0.25) is 0 Å². The van der Waals surface area contributed by atoms with E-state index in [1.54, 1.807) is 11.3 Å². The molecular formula is C19H21N3OS. The van der Waals surface area contributed by atoms with Crippen LogP contribution in [0.3, 0.4) is 0 Å². The van der Waals surface area contributed by atoms with Gasteiger partial charge < -0.3 is 9.84 Å². The molecule has 2 heterocycles. The van der Waals surface area contributed by atoms with Crippen molar-refractivity contribution in [1.82, 2.24) is 10.1 Å². The minimum Gasteiger partial charge on any atom is -0.359 e. The predicted octanol–water partition coefficient (Wildman–Crippen LogP) is 5.46. The van der Waals surface area contributed by atoms with Gasteiger partial charge in [-0.25, -0.2) is 4.98 Å². The lowest BCUT2D eigenvalue weighted by molar-refractivity contribution is 0.361. The second-order valence-corrected chi connectivity index (χ2v) is 7.44. The molecule has 0 aliphatic heterocycles. The summed E-state index contributed by atoms with van der Waals surface area (Å²) in [6.45, 7) is 2.34. The van der Waals surface area contributed by atoms with Gasteiger partial charge in [-0.15, -0.1) is 11.3 Å². The number of nitrogens with one attached hydrogen (secondary N) is 1. The van der Waals surface area contributed by atoms with Gasteiger partial charge in [0, 0.05) is 23.1 Å². The summed E-state index contributed by atoms with van der Waals surface area (Å²) >= 11 is 1.63. The molecule has 0 unspecified atom stereocenters. The summed E-state index contributed by atoms with van der Waals surface area (Å²) in [5.41, 5.74) is 2.74. The fraction of sp³-hybridized carbons (Fsp3) is 0.368. The number of hydrogen-bond donors (Lipinski definition) is 1. The Balaban J connectivity index is 1.46. The fourth-order valence-electron chi connectivity index (χ4n) is 3.17. The Morgan fingerprint density at radius 2 is 1.88 bits per heavy atom. The Morgan fingerprint density at radius 3 is 2.67 bits per heavy atom. The van der Waals surface area contributed by atoms with Crippen molar-refractivity contribution in [3.8, 4) is 22.7 Å². The van der Waals surface area contributed by atoms with Gasteiger partial charge in [-0.05, 0) is 31.6 Å². The minimum atomic E-state index is 0.551. The zero-order chi connectivity index (χ0) is 16.4. The van der Waals surface area contributed by atoms with Crippen LogP contribution in [0.25, 0.3) is 22.7 Å².